The van der Waals surface area contributed by atoms with Gasteiger partial charge in [0.2, 0.25) is 0 Å². The standard InChI is InChI=1S/C10H11FN2O4/c1-2-7(10(14)15)12-8-5-6(11)3-4-9(8)13(16)17/h3-5,7,12H,2H2,1H3,(H,14,15). The van der Waals surface area contributed by atoms with Gasteiger partial charge in [0.15, 0.2) is 0 Å². The molecular formula is C10H11FN2O4. The number of aliphatic carboxylic acids is 1. The Bertz CT molecular complexity index is 450. The summed E-state index contributed by atoms with van der Waals surface area (Å²) in [5.41, 5.74) is -0.490. The lowest BCUT2D eigenvalue weighted by molar-refractivity contribution is -0.384. The zero-order valence-corrected chi connectivity index (χ0v) is 9.01. The van der Waals surface area contributed by atoms with Crippen molar-refractivity contribution in [2.45, 2.75) is 19.4 Å². The van der Waals surface area contributed by atoms with E-state index in [4.69, 9.17) is 5.11 Å². The van der Waals surface area contributed by atoms with Gasteiger partial charge in [-0.3, -0.25) is 10.1 Å². The summed E-state index contributed by atoms with van der Waals surface area (Å²) in [6.45, 7) is 1.61. The number of nitrogens with one attached hydrogen (secondary N) is 1. The molecule has 0 bridgehead atoms. The fourth-order valence-corrected chi connectivity index (χ4v) is 1.31. The van der Waals surface area contributed by atoms with Crippen LogP contribution in [0.3, 0.4) is 0 Å². The molecule has 1 rings (SSSR count). The van der Waals surface area contributed by atoms with E-state index in [9.17, 15) is 19.3 Å². The van der Waals surface area contributed by atoms with Crippen LogP contribution in [-0.4, -0.2) is 22.0 Å². The van der Waals surface area contributed by atoms with Crippen molar-refractivity contribution in [1.82, 2.24) is 0 Å². The molecule has 92 valence electrons. The van der Waals surface area contributed by atoms with Crippen molar-refractivity contribution in [3.05, 3.63) is 34.1 Å². The number of carboxylic acids is 1. The van der Waals surface area contributed by atoms with Crippen LogP contribution in [0.1, 0.15) is 13.3 Å². The number of halogens is 1. The molecule has 0 saturated carbocycles. The molecule has 0 saturated heterocycles. The molecule has 1 aromatic rings. The monoisotopic (exact) mass is 242 g/mol. The Morgan fingerprint density at radius 1 is 1.65 bits per heavy atom. The maximum Gasteiger partial charge on any atom is 0.326 e. The quantitative estimate of drug-likeness (QED) is 0.608. The molecule has 0 spiro atoms. The predicted octanol–water partition coefficient (Wildman–Crippen LogP) is 2.01. The molecule has 1 atom stereocenters. The summed E-state index contributed by atoms with van der Waals surface area (Å²) in [4.78, 5) is 20.7. The SMILES string of the molecule is CCC(Nc1cc(F)ccc1[N+](=O)[O-])C(=O)O. The molecule has 0 aromatic heterocycles. The first-order chi connectivity index (χ1) is 7.95. The second-order valence-electron chi connectivity index (χ2n) is 3.36. The van der Waals surface area contributed by atoms with Crippen LogP contribution in [0.5, 0.6) is 0 Å². The topological polar surface area (TPSA) is 92.5 Å². The van der Waals surface area contributed by atoms with Crippen LogP contribution in [-0.2, 0) is 4.79 Å². The molecular weight excluding hydrogens is 231 g/mol. The molecule has 0 aliphatic heterocycles. The van der Waals surface area contributed by atoms with Crippen molar-refractivity contribution in [2.75, 3.05) is 5.32 Å². The lowest BCUT2D eigenvalue weighted by Gasteiger charge is -2.13. The smallest absolute Gasteiger partial charge is 0.326 e. The highest BCUT2D eigenvalue weighted by molar-refractivity contribution is 5.78. The summed E-state index contributed by atoms with van der Waals surface area (Å²) in [6, 6.07) is 1.86. The second-order valence-corrected chi connectivity index (χ2v) is 3.36. The molecule has 2 N–H and O–H groups in total. The van der Waals surface area contributed by atoms with Crippen LogP contribution in [0.25, 0.3) is 0 Å². The number of hydrogen-bond acceptors (Lipinski definition) is 4. The number of nitro benzene ring substituents is 1. The van der Waals surface area contributed by atoms with Gasteiger partial charge in [-0.05, 0) is 12.5 Å². The fourth-order valence-electron chi connectivity index (χ4n) is 1.31. The third-order valence-electron chi connectivity index (χ3n) is 2.19. The maximum absolute atomic E-state index is 13.0. The Balaban J connectivity index is 3.07. The van der Waals surface area contributed by atoms with Gasteiger partial charge in [-0.2, -0.15) is 0 Å². The van der Waals surface area contributed by atoms with Gasteiger partial charge in [-0.25, -0.2) is 9.18 Å². The summed E-state index contributed by atoms with van der Waals surface area (Å²) < 4.78 is 13.0. The summed E-state index contributed by atoms with van der Waals surface area (Å²) in [5.74, 6) is -1.82. The van der Waals surface area contributed by atoms with Crippen molar-refractivity contribution < 1.29 is 19.2 Å². The third kappa shape index (κ3) is 3.13. The number of rotatable bonds is 5. The van der Waals surface area contributed by atoms with Gasteiger partial charge < -0.3 is 10.4 Å². The molecule has 17 heavy (non-hydrogen) atoms. The van der Waals surface area contributed by atoms with Crippen molar-refractivity contribution >= 4 is 17.3 Å². The molecule has 6 nitrogen and oxygen atoms in total. The molecule has 0 radical (unpaired) electrons. The number of nitro groups is 1. The average molecular weight is 242 g/mol. The van der Waals surface area contributed by atoms with E-state index in [1.165, 1.54) is 0 Å². The van der Waals surface area contributed by atoms with Gasteiger partial charge in [-0.1, -0.05) is 6.92 Å². The Morgan fingerprint density at radius 3 is 2.76 bits per heavy atom. The Labute approximate surface area is 96.2 Å². The number of nitrogens with zero attached hydrogens (tertiary/aromatic N) is 1. The molecule has 1 aromatic carbocycles. The first kappa shape index (κ1) is 12.9. The van der Waals surface area contributed by atoms with E-state index >= 15 is 0 Å². The van der Waals surface area contributed by atoms with Gasteiger partial charge in [0, 0.05) is 12.1 Å². The first-order valence-corrected chi connectivity index (χ1v) is 4.89. The lowest BCUT2D eigenvalue weighted by atomic mass is 10.2. The molecule has 0 aliphatic carbocycles. The summed E-state index contributed by atoms with van der Waals surface area (Å²) in [7, 11) is 0. The van der Waals surface area contributed by atoms with Crippen molar-refractivity contribution in [3.63, 3.8) is 0 Å². The number of benzene rings is 1. The van der Waals surface area contributed by atoms with Gasteiger partial charge in [0.05, 0.1) is 4.92 Å². The Hall–Kier alpha value is -2.18. The third-order valence-corrected chi connectivity index (χ3v) is 2.19. The molecule has 7 heteroatoms. The van der Waals surface area contributed by atoms with Gasteiger partial charge in [0.1, 0.15) is 17.5 Å². The van der Waals surface area contributed by atoms with E-state index in [-0.39, 0.29) is 17.8 Å². The summed E-state index contributed by atoms with van der Waals surface area (Å²) in [5, 5.41) is 21.9. The predicted molar refractivity (Wildman–Crippen MR) is 58.4 cm³/mol. The second kappa shape index (κ2) is 5.24. The van der Waals surface area contributed by atoms with Crippen LogP contribution in [0.15, 0.2) is 18.2 Å². The van der Waals surface area contributed by atoms with Crippen molar-refractivity contribution in [2.24, 2.45) is 0 Å². The minimum Gasteiger partial charge on any atom is -0.480 e. The molecule has 0 amide bonds. The zero-order valence-electron chi connectivity index (χ0n) is 9.01. The summed E-state index contributed by atoms with van der Waals surface area (Å²) >= 11 is 0. The van der Waals surface area contributed by atoms with Crippen LogP contribution < -0.4 is 5.32 Å². The average Bonchev–Trinajstić information content (AvgIpc) is 2.25. The molecule has 0 heterocycles. The largest absolute Gasteiger partial charge is 0.480 e. The van der Waals surface area contributed by atoms with E-state index in [1.54, 1.807) is 6.92 Å². The van der Waals surface area contributed by atoms with Gasteiger partial charge in [0.25, 0.3) is 5.69 Å². The highest BCUT2D eigenvalue weighted by atomic mass is 19.1. The van der Waals surface area contributed by atoms with E-state index < -0.39 is 22.8 Å². The van der Waals surface area contributed by atoms with Crippen LogP contribution in [0.4, 0.5) is 15.8 Å². The van der Waals surface area contributed by atoms with E-state index in [0.717, 1.165) is 18.2 Å². The van der Waals surface area contributed by atoms with Crippen LogP contribution in [0, 0.1) is 15.9 Å². The van der Waals surface area contributed by atoms with Crippen LogP contribution >= 0.6 is 0 Å². The van der Waals surface area contributed by atoms with Gasteiger partial charge >= 0.3 is 5.97 Å². The highest BCUT2D eigenvalue weighted by Crippen LogP contribution is 2.25. The number of carbonyl (C=O) groups is 1. The first-order valence-electron chi connectivity index (χ1n) is 4.89. The minimum atomic E-state index is -1.15. The fraction of sp³-hybridized carbons (Fsp3) is 0.300. The molecule has 0 fully saturated rings. The molecule has 1 unspecified atom stereocenters. The van der Waals surface area contributed by atoms with Gasteiger partial charge in [-0.15, -0.1) is 0 Å². The highest BCUT2D eigenvalue weighted by Gasteiger charge is 2.20. The minimum absolute atomic E-state index is 0.135. The van der Waals surface area contributed by atoms with Crippen LogP contribution in [0.2, 0.25) is 0 Å². The normalized spacial score (nSPS) is 11.9. The number of anilines is 1. The number of carboxylic acid groups (broad SMARTS) is 1. The lowest BCUT2D eigenvalue weighted by Crippen LogP contribution is -2.28. The number of hydrogen-bond donors (Lipinski definition) is 2. The molecule has 0 aliphatic rings. The van der Waals surface area contributed by atoms with Crippen molar-refractivity contribution in [3.8, 4) is 0 Å². The van der Waals surface area contributed by atoms with E-state index in [1.807, 2.05) is 0 Å². The van der Waals surface area contributed by atoms with E-state index in [0.29, 0.717) is 0 Å². The van der Waals surface area contributed by atoms with Crippen molar-refractivity contribution in [1.29, 1.82) is 0 Å². The Morgan fingerprint density at radius 2 is 2.29 bits per heavy atom. The Kier molecular flexibility index (Phi) is 3.97. The summed E-state index contributed by atoms with van der Waals surface area (Å²) in [6.07, 6.45) is 0.225. The van der Waals surface area contributed by atoms with E-state index in [2.05, 4.69) is 5.32 Å². The zero-order chi connectivity index (χ0) is 13.0. The maximum atomic E-state index is 13.0.